The van der Waals surface area contributed by atoms with Gasteiger partial charge in [0.1, 0.15) is 16.7 Å². The minimum absolute atomic E-state index is 0.0911. The zero-order valence-electron chi connectivity index (χ0n) is 19.8. The predicted molar refractivity (Wildman–Crippen MR) is 124 cm³/mol. The Labute approximate surface area is 194 Å². The fraction of sp³-hybridized carbons (Fsp3) is 0.500. The van der Waals surface area contributed by atoms with E-state index in [9.17, 15) is 14.4 Å². The number of hydrogen-bond donors (Lipinski definition) is 1. The normalized spacial score (nSPS) is 23.6. The second-order valence-corrected chi connectivity index (χ2v) is 9.73. The van der Waals surface area contributed by atoms with Crippen molar-refractivity contribution in [1.82, 2.24) is 0 Å². The standard InChI is InChI=1S/C26H32N2O5/c1-5-7-10-13-28-17-12-9-8-11-16(17)26(24(28)31)20-18(29)14-25(3,4)15-19(20)33-22(27)21(26)23(30)32-6-2/h8-9,11-12H,5-7,10,13-15,27H2,1-4H3/t26-/m1/s1. The molecule has 1 aromatic carbocycles. The Morgan fingerprint density at radius 2 is 1.88 bits per heavy atom. The second kappa shape index (κ2) is 8.36. The lowest BCUT2D eigenvalue weighted by Gasteiger charge is -2.42. The number of carbonyl (C=O) groups is 3. The molecule has 0 saturated heterocycles. The van der Waals surface area contributed by atoms with Gasteiger partial charge in [0.2, 0.25) is 11.8 Å². The molecule has 2 aliphatic heterocycles. The van der Waals surface area contributed by atoms with Crippen LogP contribution >= 0.6 is 0 Å². The number of nitrogens with zero attached hydrogens (tertiary/aromatic N) is 1. The van der Waals surface area contributed by atoms with Crippen LogP contribution in [0.25, 0.3) is 0 Å². The third-order valence-electron chi connectivity index (χ3n) is 6.70. The van der Waals surface area contributed by atoms with E-state index in [0.29, 0.717) is 30.0 Å². The summed E-state index contributed by atoms with van der Waals surface area (Å²) in [5.74, 6) is -1.07. The molecule has 1 atom stereocenters. The molecule has 3 aliphatic rings. The summed E-state index contributed by atoms with van der Waals surface area (Å²) < 4.78 is 11.2. The molecule has 0 fully saturated rings. The van der Waals surface area contributed by atoms with Gasteiger partial charge >= 0.3 is 5.97 Å². The first-order valence-corrected chi connectivity index (χ1v) is 11.7. The average Bonchev–Trinajstić information content (AvgIpc) is 2.96. The molecule has 0 radical (unpaired) electrons. The van der Waals surface area contributed by atoms with Gasteiger partial charge in [0.05, 0.1) is 12.2 Å². The number of hydrogen-bond acceptors (Lipinski definition) is 6. The largest absolute Gasteiger partial charge is 0.462 e. The van der Waals surface area contributed by atoms with Crippen molar-refractivity contribution >= 4 is 23.3 Å². The minimum Gasteiger partial charge on any atom is -0.462 e. The van der Waals surface area contributed by atoms with E-state index in [2.05, 4.69) is 6.92 Å². The highest BCUT2D eigenvalue weighted by Crippen LogP contribution is 2.57. The number of allylic oxidation sites excluding steroid dienone is 1. The number of rotatable bonds is 6. The number of benzene rings is 1. The number of fused-ring (bicyclic) bond motifs is 3. The third kappa shape index (κ3) is 3.45. The van der Waals surface area contributed by atoms with E-state index >= 15 is 0 Å². The Hall–Kier alpha value is -3.09. The Bertz CT molecular complexity index is 1080. The number of carbonyl (C=O) groups excluding carboxylic acids is 3. The molecule has 1 aliphatic carbocycles. The number of ketones is 1. The summed E-state index contributed by atoms with van der Waals surface area (Å²) in [6.07, 6.45) is 3.47. The van der Waals surface area contributed by atoms with Crippen LogP contribution in [0.1, 0.15) is 65.4 Å². The molecular weight excluding hydrogens is 420 g/mol. The van der Waals surface area contributed by atoms with Crippen molar-refractivity contribution in [3.8, 4) is 0 Å². The van der Waals surface area contributed by atoms with Gasteiger partial charge in [-0.25, -0.2) is 4.79 Å². The van der Waals surface area contributed by atoms with Crippen LogP contribution in [0.4, 0.5) is 5.69 Å². The van der Waals surface area contributed by atoms with E-state index in [4.69, 9.17) is 15.2 Å². The predicted octanol–water partition coefficient (Wildman–Crippen LogP) is 3.87. The number of para-hydroxylation sites is 1. The molecule has 1 aromatic rings. The summed E-state index contributed by atoms with van der Waals surface area (Å²) in [6, 6.07) is 7.34. The number of esters is 1. The molecule has 1 spiro atoms. The van der Waals surface area contributed by atoms with Crippen LogP contribution in [-0.2, 0) is 29.3 Å². The summed E-state index contributed by atoms with van der Waals surface area (Å²) >= 11 is 0. The van der Waals surface area contributed by atoms with Gasteiger partial charge in [-0.2, -0.15) is 0 Å². The van der Waals surface area contributed by atoms with Crippen molar-refractivity contribution in [2.45, 2.75) is 65.2 Å². The van der Waals surface area contributed by atoms with Gasteiger partial charge in [-0.15, -0.1) is 0 Å². The van der Waals surface area contributed by atoms with Crippen LogP contribution < -0.4 is 10.6 Å². The molecule has 0 saturated carbocycles. The van der Waals surface area contributed by atoms with Crippen LogP contribution in [0, 0.1) is 5.41 Å². The van der Waals surface area contributed by atoms with Gasteiger partial charge in [0.25, 0.3) is 0 Å². The number of unbranched alkanes of at least 4 members (excludes halogenated alkanes) is 2. The molecule has 7 nitrogen and oxygen atoms in total. The Morgan fingerprint density at radius 3 is 2.58 bits per heavy atom. The van der Waals surface area contributed by atoms with Crippen LogP contribution in [0.3, 0.4) is 0 Å². The maximum Gasteiger partial charge on any atom is 0.341 e. The lowest BCUT2D eigenvalue weighted by molar-refractivity contribution is -0.141. The first-order valence-electron chi connectivity index (χ1n) is 11.7. The van der Waals surface area contributed by atoms with Crippen LogP contribution in [0.5, 0.6) is 0 Å². The quantitative estimate of drug-likeness (QED) is 0.520. The van der Waals surface area contributed by atoms with Crippen LogP contribution in [-0.4, -0.2) is 30.8 Å². The van der Waals surface area contributed by atoms with E-state index in [-0.39, 0.29) is 47.2 Å². The first-order chi connectivity index (χ1) is 15.7. The molecule has 1 amide bonds. The fourth-order valence-electron chi connectivity index (χ4n) is 5.40. The summed E-state index contributed by atoms with van der Waals surface area (Å²) in [7, 11) is 0. The number of amides is 1. The molecule has 33 heavy (non-hydrogen) atoms. The van der Waals surface area contributed by atoms with Gasteiger partial charge in [-0.05, 0) is 24.8 Å². The third-order valence-corrected chi connectivity index (χ3v) is 6.70. The lowest BCUT2D eigenvalue weighted by atomic mass is 9.62. The summed E-state index contributed by atoms with van der Waals surface area (Å²) in [5, 5.41) is 0. The first kappa shape index (κ1) is 23.1. The maximum absolute atomic E-state index is 14.3. The Kier molecular flexibility index (Phi) is 5.85. The molecule has 0 bridgehead atoms. The monoisotopic (exact) mass is 452 g/mol. The maximum atomic E-state index is 14.3. The van der Waals surface area contributed by atoms with E-state index in [1.54, 1.807) is 11.8 Å². The fourth-order valence-corrected chi connectivity index (χ4v) is 5.40. The topological polar surface area (TPSA) is 98.9 Å². The van der Waals surface area contributed by atoms with E-state index in [1.807, 2.05) is 38.1 Å². The van der Waals surface area contributed by atoms with Gasteiger partial charge < -0.3 is 20.1 Å². The van der Waals surface area contributed by atoms with Crippen molar-refractivity contribution in [3.05, 3.63) is 52.6 Å². The minimum atomic E-state index is -1.65. The number of Topliss-reactive ketones (excluding diaryl/α,β-unsaturated/α-hetero) is 1. The van der Waals surface area contributed by atoms with Crippen molar-refractivity contribution < 1.29 is 23.9 Å². The molecule has 0 aromatic heterocycles. The summed E-state index contributed by atoms with van der Waals surface area (Å²) in [6.45, 7) is 8.34. The smallest absolute Gasteiger partial charge is 0.341 e. The highest BCUT2D eigenvalue weighted by atomic mass is 16.5. The van der Waals surface area contributed by atoms with Gasteiger partial charge in [-0.1, -0.05) is 51.8 Å². The SMILES string of the molecule is CCCCCN1C(=O)[C@]2(C(C(=O)OCC)=C(N)OC3=C2C(=O)CC(C)(C)C3)c2ccccc21. The number of anilines is 1. The lowest BCUT2D eigenvalue weighted by Crippen LogP contribution is -2.52. The highest BCUT2D eigenvalue weighted by Gasteiger charge is 2.64. The van der Waals surface area contributed by atoms with Crippen molar-refractivity contribution in [2.75, 3.05) is 18.1 Å². The van der Waals surface area contributed by atoms with Crippen molar-refractivity contribution in [2.24, 2.45) is 11.1 Å². The Morgan fingerprint density at radius 1 is 1.15 bits per heavy atom. The molecule has 176 valence electrons. The van der Waals surface area contributed by atoms with Gasteiger partial charge in [0, 0.05) is 30.6 Å². The second-order valence-electron chi connectivity index (χ2n) is 9.73. The van der Waals surface area contributed by atoms with E-state index in [0.717, 1.165) is 19.3 Å². The number of ether oxygens (including phenoxy) is 2. The summed E-state index contributed by atoms with van der Waals surface area (Å²) in [4.78, 5) is 42.9. The van der Waals surface area contributed by atoms with Crippen molar-refractivity contribution in [3.63, 3.8) is 0 Å². The van der Waals surface area contributed by atoms with Gasteiger partial charge in [0.15, 0.2) is 5.78 Å². The molecule has 7 heteroatoms. The van der Waals surface area contributed by atoms with E-state index < -0.39 is 11.4 Å². The Balaban J connectivity index is 2.01. The molecule has 2 heterocycles. The molecule has 0 unspecified atom stereocenters. The summed E-state index contributed by atoms with van der Waals surface area (Å²) in [5.41, 5.74) is 5.75. The zero-order valence-corrected chi connectivity index (χ0v) is 19.8. The van der Waals surface area contributed by atoms with Gasteiger partial charge in [-0.3, -0.25) is 9.59 Å². The molecular formula is C26H32N2O5. The highest BCUT2D eigenvalue weighted by molar-refractivity contribution is 6.23. The average molecular weight is 453 g/mol. The number of nitrogens with two attached hydrogens (primary N) is 1. The van der Waals surface area contributed by atoms with Crippen LogP contribution in [0.2, 0.25) is 0 Å². The molecule has 2 N–H and O–H groups in total. The zero-order chi connectivity index (χ0) is 24.0. The van der Waals surface area contributed by atoms with Crippen molar-refractivity contribution in [1.29, 1.82) is 0 Å². The molecule has 4 rings (SSSR count). The van der Waals surface area contributed by atoms with Crippen LogP contribution in [0.15, 0.2) is 47.1 Å². The van der Waals surface area contributed by atoms with E-state index in [1.165, 1.54) is 0 Å².